The molecule has 2 aliphatic rings. The molecule has 0 aromatic heterocycles. The van der Waals surface area contributed by atoms with Crippen molar-refractivity contribution in [2.24, 2.45) is 11.8 Å². The SMILES string of the molecule is O=C1C2CNCC1CN(c1ccccc1F)C2. The van der Waals surface area contributed by atoms with Gasteiger partial charge in [0.15, 0.2) is 0 Å². The average molecular weight is 234 g/mol. The van der Waals surface area contributed by atoms with Crippen molar-refractivity contribution in [2.45, 2.75) is 0 Å². The Labute approximate surface area is 99.6 Å². The van der Waals surface area contributed by atoms with E-state index in [4.69, 9.17) is 0 Å². The number of rotatable bonds is 1. The third kappa shape index (κ3) is 1.82. The molecule has 2 heterocycles. The minimum atomic E-state index is -0.201. The van der Waals surface area contributed by atoms with Gasteiger partial charge in [-0.3, -0.25) is 4.79 Å². The van der Waals surface area contributed by atoms with Gasteiger partial charge in [0, 0.05) is 38.0 Å². The predicted octanol–water partition coefficient (Wildman–Crippen LogP) is 1.05. The molecule has 2 bridgehead atoms. The van der Waals surface area contributed by atoms with Crippen LogP contribution >= 0.6 is 0 Å². The number of Topliss-reactive ketones (excluding diaryl/α,β-unsaturated/α-hetero) is 1. The lowest BCUT2D eigenvalue weighted by atomic mass is 9.84. The summed E-state index contributed by atoms with van der Waals surface area (Å²) in [6, 6.07) is 6.78. The molecule has 3 nitrogen and oxygen atoms in total. The molecule has 0 radical (unpaired) electrons. The number of nitrogens with one attached hydrogen (secondary N) is 1. The van der Waals surface area contributed by atoms with E-state index >= 15 is 0 Å². The fourth-order valence-corrected chi connectivity index (χ4v) is 2.79. The Morgan fingerprint density at radius 3 is 2.47 bits per heavy atom. The molecule has 2 unspecified atom stereocenters. The molecule has 0 amide bonds. The normalized spacial score (nSPS) is 28.3. The van der Waals surface area contributed by atoms with E-state index in [1.54, 1.807) is 12.1 Å². The van der Waals surface area contributed by atoms with E-state index in [0.29, 0.717) is 24.6 Å². The van der Waals surface area contributed by atoms with E-state index in [2.05, 4.69) is 5.32 Å². The van der Waals surface area contributed by atoms with Gasteiger partial charge in [0.05, 0.1) is 5.69 Å². The summed E-state index contributed by atoms with van der Waals surface area (Å²) < 4.78 is 13.7. The number of benzene rings is 1. The molecule has 0 aliphatic carbocycles. The van der Waals surface area contributed by atoms with Gasteiger partial charge in [-0.05, 0) is 12.1 Å². The first kappa shape index (κ1) is 10.7. The maximum atomic E-state index is 13.7. The van der Waals surface area contributed by atoms with E-state index in [1.807, 2.05) is 11.0 Å². The van der Waals surface area contributed by atoms with Gasteiger partial charge in [0.1, 0.15) is 11.6 Å². The summed E-state index contributed by atoms with van der Waals surface area (Å²) >= 11 is 0. The fraction of sp³-hybridized carbons (Fsp3) is 0.462. The zero-order chi connectivity index (χ0) is 11.8. The Morgan fingerprint density at radius 2 is 1.82 bits per heavy atom. The van der Waals surface area contributed by atoms with Crippen LogP contribution in [0.4, 0.5) is 10.1 Å². The van der Waals surface area contributed by atoms with Crippen molar-refractivity contribution in [3.05, 3.63) is 30.1 Å². The van der Waals surface area contributed by atoms with Crippen LogP contribution in [0.2, 0.25) is 0 Å². The Kier molecular flexibility index (Phi) is 2.59. The van der Waals surface area contributed by atoms with Crippen molar-refractivity contribution in [2.75, 3.05) is 31.1 Å². The monoisotopic (exact) mass is 234 g/mol. The largest absolute Gasteiger partial charge is 0.368 e. The molecule has 90 valence electrons. The number of carbonyl (C=O) groups excluding carboxylic acids is 1. The number of ketones is 1. The van der Waals surface area contributed by atoms with Crippen LogP contribution in [0.3, 0.4) is 0 Å². The van der Waals surface area contributed by atoms with Crippen molar-refractivity contribution >= 4 is 11.5 Å². The van der Waals surface area contributed by atoms with Gasteiger partial charge in [-0.25, -0.2) is 4.39 Å². The minimum absolute atomic E-state index is 0.0158. The Bertz CT molecular complexity index is 433. The second-order valence-electron chi connectivity index (χ2n) is 4.81. The van der Waals surface area contributed by atoms with Crippen molar-refractivity contribution in [3.63, 3.8) is 0 Å². The van der Waals surface area contributed by atoms with Crippen molar-refractivity contribution in [3.8, 4) is 0 Å². The van der Waals surface area contributed by atoms with Crippen LogP contribution in [0.1, 0.15) is 0 Å². The molecule has 2 aliphatic heterocycles. The molecule has 0 spiro atoms. The van der Waals surface area contributed by atoms with Crippen molar-refractivity contribution < 1.29 is 9.18 Å². The quantitative estimate of drug-likeness (QED) is 0.788. The summed E-state index contributed by atoms with van der Waals surface area (Å²) in [5.74, 6) is 0.174. The summed E-state index contributed by atoms with van der Waals surface area (Å²) in [6.45, 7) is 2.70. The van der Waals surface area contributed by atoms with Crippen LogP contribution in [-0.4, -0.2) is 32.0 Å². The number of nitrogens with zero attached hydrogens (tertiary/aromatic N) is 1. The van der Waals surface area contributed by atoms with Gasteiger partial charge < -0.3 is 10.2 Å². The topological polar surface area (TPSA) is 32.3 Å². The summed E-state index contributed by atoms with van der Waals surface area (Å²) in [6.07, 6.45) is 0. The highest BCUT2D eigenvalue weighted by Crippen LogP contribution is 2.27. The Morgan fingerprint density at radius 1 is 1.18 bits per heavy atom. The first-order valence-electron chi connectivity index (χ1n) is 5.99. The van der Waals surface area contributed by atoms with Gasteiger partial charge >= 0.3 is 0 Å². The third-order valence-corrected chi connectivity index (χ3v) is 3.66. The van der Waals surface area contributed by atoms with Gasteiger partial charge in [0.2, 0.25) is 0 Å². The molecule has 1 aromatic carbocycles. The smallest absolute Gasteiger partial charge is 0.146 e. The van der Waals surface area contributed by atoms with Gasteiger partial charge in [-0.1, -0.05) is 12.1 Å². The van der Waals surface area contributed by atoms with E-state index in [0.717, 1.165) is 13.1 Å². The summed E-state index contributed by atoms with van der Waals surface area (Å²) in [5.41, 5.74) is 0.622. The van der Waals surface area contributed by atoms with Gasteiger partial charge in [0.25, 0.3) is 0 Å². The molecule has 2 atom stereocenters. The molecule has 2 saturated heterocycles. The number of halogens is 1. The molecule has 0 saturated carbocycles. The van der Waals surface area contributed by atoms with Gasteiger partial charge in [-0.2, -0.15) is 0 Å². The molecule has 17 heavy (non-hydrogen) atoms. The Hall–Kier alpha value is -1.42. The number of anilines is 1. The van der Waals surface area contributed by atoms with E-state index in [1.165, 1.54) is 6.07 Å². The highest BCUT2D eigenvalue weighted by Gasteiger charge is 2.38. The fourth-order valence-electron chi connectivity index (χ4n) is 2.79. The average Bonchev–Trinajstić information content (AvgIpc) is 2.29. The lowest BCUT2D eigenvalue weighted by Gasteiger charge is -2.41. The van der Waals surface area contributed by atoms with E-state index < -0.39 is 0 Å². The highest BCUT2D eigenvalue weighted by atomic mass is 19.1. The van der Waals surface area contributed by atoms with Crippen LogP contribution in [0.25, 0.3) is 0 Å². The van der Waals surface area contributed by atoms with Gasteiger partial charge in [-0.15, -0.1) is 0 Å². The molecule has 3 rings (SSSR count). The molecule has 4 heteroatoms. The maximum Gasteiger partial charge on any atom is 0.146 e. The first-order valence-corrected chi connectivity index (χ1v) is 5.99. The standard InChI is InChI=1S/C13H15FN2O/c14-11-3-1-2-4-12(11)16-7-9-5-15-6-10(8-16)13(9)17/h1-4,9-10,15H,5-8H2. The third-order valence-electron chi connectivity index (χ3n) is 3.66. The van der Waals surface area contributed by atoms with Crippen LogP contribution in [0.5, 0.6) is 0 Å². The number of para-hydroxylation sites is 1. The lowest BCUT2D eigenvalue weighted by Crippen LogP contribution is -2.57. The second-order valence-corrected chi connectivity index (χ2v) is 4.81. The second kappa shape index (κ2) is 4.11. The van der Waals surface area contributed by atoms with E-state index in [9.17, 15) is 9.18 Å². The molecule has 2 fully saturated rings. The van der Waals surface area contributed by atoms with Crippen molar-refractivity contribution in [1.29, 1.82) is 0 Å². The van der Waals surface area contributed by atoms with Crippen LogP contribution in [0.15, 0.2) is 24.3 Å². The number of piperidine rings is 2. The highest BCUT2D eigenvalue weighted by molar-refractivity contribution is 5.87. The molecular formula is C13H15FN2O. The predicted molar refractivity (Wildman–Crippen MR) is 63.5 cm³/mol. The minimum Gasteiger partial charge on any atom is -0.368 e. The first-order chi connectivity index (χ1) is 8.25. The molecule has 1 aromatic rings. The summed E-state index contributed by atoms with van der Waals surface area (Å²) in [7, 11) is 0. The van der Waals surface area contributed by atoms with Crippen LogP contribution < -0.4 is 10.2 Å². The van der Waals surface area contributed by atoms with Crippen LogP contribution in [0, 0.1) is 17.7 Å². The Balaban J connectivity index is 1.87. The molecular weight excluding hydrogens is 219 g/mol. The summed E-state index contributed by atoms with van der Waals surface area (Å²) in [5, 5.41) is 3.26. The lowest BCUT2D eigenvalue weighted by molar-refractivity contribution is -0.129. The zero-order valence-electron chi connectivity index (χ0n) is 9.53. The van der Waals surface area contributed by atoms with E-state index in [-0.39, 0.29) is 17.7 Å². The zero-order valence-corrected chi connectivity index (χ0v) is 9.53. The van der Waals surface area contributed by atoms with Crippen LogP contribution in [-0.2, 0) is 4.79 Å². The number of hydrogen-bond acceptors (Lipinski definition) is 3. The number of carbonyl (C=O) groups is 1. The summed E-state index contributed by atoms with van der Waals surface area (Å²) in [4.78, 5) is 13.9. The number of fused-ring (bicyclic) bond motifs is 2. The molecule has 1 N–H and O–H groups in total. The van der Waals surface area contributed by atoms with Crippen molar-refractivity contribution in [1.82, 2.24) is 5.32 Å². The number of hydrogen-bond donors (Lipinski definition) is 1. The maximum absolute atomic E-state index is 13.7.